The van der Waals surface area contributed by atoms with Crippen LogP contribution in [0.15, 0.2) is 51.6 Å². The molecule has 0 amide bonds. The SMILES string of the molecule is C=CCn1c(N/N=C/c2ccc(OCC)cc2)nc2c1c(=O)n(C)c(=O)n2C. The van der Waals surface area contributed by atoms with Crippen LogP contribution in [0.5, 0.6) is 5.75 Å². The van der Waals surface area contributed by atoms with E-state index in [0.717, 1.165) is 15.9 Å². The zero-order valence-electron chi connectivity index (χ0n) is 16.0. The van der Waals surface area contributed by atoms with Gasteiger partial charge in [0.1, 0.15) is 5.75 Å². The Labute approximate surface area is 161 Å². The number of nitrogens with one attached hydrogen (secondary N) is 1. The molecular weight excluding hydrogens is 360 g/mol. The van der Waals surface area contributed by atoms with Crippen molar-refractivity contribution >= 4 is 23.3 Å². The largest absolute Gasteiger partial charge is 0.494 e. The fourth-order valence-electron chi connectivity index (χ4n) is 2.82. The molecule has 0 bridgehead atoms. The van der Waals surface area contributed by atoms with Gasteiger partial charge in [-0.2, -0.15) is 10.1 Å². The smallest absolute Gasteiger partial charge is 0.332 e. The van der Waals surface area contributed by atoms with E-state index in [1.54, 1.807) is 23.9 Å². The zero-order chi connectivity index (χ0) is 20.3. The number of hydrogen-bond donors (Lipinski definition) is 1. The summed E-state index contributed by atoms with van der Waals surface area (Å²) in [5.41, 5.74) is 3.45. The van der Waals surface area contributed by atoms with E-state index in [4.69, 9.17) is 4.74 Å². The van der Waals surface area contributed by atoms with Crippen molar-refractivity contribution in [3.8, 4) is 5.75 Å². The lowest BCUT2D eigenvalue weighted by atomic mass is 10.2. The number of hydrogen-bond acceptors (Lipinski definition) is 6. The summed E-state index contributed by atoms with van der Waals surface area (Å²) in [5, 5.41) is 4.20. The van der Waals surface area contributed by atoms with Gasteiger partial charge < -0.3 is 4.74 Å². The highest BCUT2D eigenvalue weighted by atomic mass is 16.5. The van der Waals surface area contributed by atoms with Crippen LogP contribution in [0.3, 0.4) is 0 Å². The summed E-state index contributed by atoms with van der Waals surface area (Å²) in [5.74, 6) is 1.13. The Morgan fingerprint density at radius 1 is 1.21 bits per heavy atom. The zero-order valence-corrected chi connectivity index (χ0v) is 16.0. The molecule has 2 heterocycles. The lowest BCUT2D eigenvalue weighted by Crippen LogP contribution is -2.37. The molecular formula is C19H22N6O3. The fraction of sp³-hybridized carbons (Fsp3) is 0.263. The minimum Gasteiger partial charge on any atom is -0.494 e. The van der Waals surface area contributed by atoms with E-state index in [1.807, 2.05) is 31.2 Å². The van der Waals surface area contributed by atoms with Gasteiger partial charge in [-0.25, -0.2) is 10.2 Å². The maximum Gasteiger partial charge on any atom is 0.332 e. The third kappa shape index (κ3) is 3.46. The number of hydrazone groups is 1. The molecule has 3 rings (SSSR count). The van der Waals surface area contributed by atoms with Crippen LogP contribution < -0.4 is 21.4 Å². The van der Waals surface area contributed by atoms with Gasteiger partial charge >= 0.3 is 5.69 Å². The maximum atomic E-state index is 12.6. The van der Waals surface area contributed by atoms with Crippen LogP contribution in [0.2, 0.25) is 0 Å². The van der Waals surface area contributed by atoms with Gasteiger partial charge in [0.2, 0.25) is 5.95 Å². The van der Waals surface area contributed by atoms with Crippen LogP contribution in [0, 0.1) is 0 Å². The van der Waals surface area contributed by atoms with Crippen molar-refractivity contribution in [2.75, 3.05) is 12.0 Å². The average molecular weight is 382 g/mol. The molecule has 0 spiro atoms. The van der Waals surface area contributed by atoms with E-state index < -0.39 is 11.2 Å². The predicted octanol–water partition coefficient (Wildman–Crippen LogP) is 1.46. The van der Waals surface area contributed by atoms with Gasteiger partial charge in [-0.05, 0) is 36.8 Å². The first kappa shape index (κ1) is 19.2. The molecule has 0 atom stereocenters. The molecule has 0 unspecified atom stereocenters. The van der Waals surface area contributed by atoms with Crippen LogP contribution in [0.1, 0.15) is 12.5 Å². The lowest BCUT2D eigenvalue weighted by Gasteiger charge is -2.06. The van der Waals surface area contributed by atoms with Gasteiger partial charge in [0.15, 0.2) is 11.2 Å². The number of allylic oxidation sites excluding steroid dienone is 1. The van der Waals surface area contributed by atoms with Gasteiger partial charge in [0, 0.05) is 20.6 Å². The molecule has 1 aromatic carbocycles. The standard InChI is InChI=1S/C19H22N6O3/c1-5-11-25-15-16(23(3)19(27)24(4)17(15)26)21-18(25)22-20-12-13-7-9-14(10-8-13)28-6-2/h5,7-10,12H,1,6,11H2,2-4H3,(H,21,22)/b20-12+. The first-order chi connectivity index (χ1) is 13.5. The fourth-order valence-corrected chi connectivity index (χ4v) is 2.82. The first-order valence-electron chi connectivity index (χ1n) is 8.77. The summed E-state index contributed by atoms with van der Waals surface area (Å²) in [6.45, 7) is 6.60. The second-order valence-electron chi connectivity index (χ2n) is 6.08. The van der Waals surface area contributed by atoms with Crippen molar-refractivity contribution in [3.05, 3.63) is 63.3 Å². The number of rotatable bonds is 7. The van der Waals surface area contributed by atoms with Crippen molar-refractivity contribution < 1.29 is 4.74 Å². The molecule has 0 aliphatic carbocycles. The van der Waals surface area contributed by atoms with E-state index in [9.17, 15) is 9.59 Å². The quantitative estimate of drug-likeness (QED) is 0.379. The minimum atomic E-state index is -0.440. The highest BCUT2D eigenvalue weighted by molar-refractivity contribution is 5.80. The van der Waals surface area contributed by atoms with Crippen LogP contribution >= 0.6 is 0 Å². The molecule has 9 nitrogen and oxygen atoms in total. The first-order valence-corrected chi connectivity index (χ1v) is 8.77. The number of fused-ring (bicyclic) bond motifs is 1. The predicted molar refractivity (Wildman–Crippen MR) is 109 cm³/mol. The number of anilines is 1. The Kier molecular flexibility index (Phi) is 5.44. The number of aryl methyl sites for hydroxylation is 1. The summed E-state index contributed by atoms with van der Waals surface area (Å²) in [4.78, 5) is 29.1. The van der Waals surface area contributed by atoms with Gasteiger partial charge in [0.25, 0.3) is 5.56 Å². The molecule has 0 radical (unpaired) electrons. The van der Waals surface area contributed by atoms with Crippen LogP contribution in [-0.2, 0) is 20.6 Å². The second kappa shape index (κ2) is 7.95. The Bertz CT molecular complexity index is 1150. The van der Waals surface area contributed by atoms with Crippen LogP contribution in [-0.4, -0.2) is 31.5 Å². The molecule has 9 heteroatoms. The number of imidazole rings is 1. The topological polar surface area (TPSA) is 95.4 Å². The number of nitrogens with zero attached hydrogens (tertiary/aromatic N) is 5. The van der Waals surface area contributed by atoms with Crippen molar-refractivity contribution in [2.24, 2.45) is 19.2 Å². The second-order valence-corrected chi connectivity index (χ2v) is 6.08. The number of aromatic nitrogens is 4. The number of benzene rings is 1. The van der Waals surface area contributed by atoms with Crippen molar-refractivity contribution in [1.82, 2.24) is 18.7 Å². The van der Waals surface area contributed by atoms with Crippen molar-refractivity contribution in [3.63, 3.8) is 0 Å². The summed E-state index contributed by atoms with van der Waals surface area (Å²) >= 11 is 0. The van der Waals surface area contributed by atoms with Gasteiger partial charge in [-0.1, -0.05) is 6.08 Å². The maximum absolute atomic E-state index is 12.6. The van der Waals surface area contributed by atoms with E-state index in [0.29, 0.717) is 24.6 Å². The third-order valence-electron chi connectivity index (χ3n) is 4.23. The molecule has 0 aliphatic heterocycles. The van der Waals surface area contributed by atoms with Crippen LogP contribution in [0.25, 0.3) is 11.2 Å². The molecule has 2 aromatic heterocycles. The highest BCUT2D eigenvalue weighted by Gasteiger charge is 2.18. The van der Waals surface area contributed by atoms with Crippen molar-refractivity contribution in [1.29, 1.82) is 0 Å². The summed E-state index contributed by atoms with van der Waals surface area (Å²) < 4.78 is 9.43. The summed E-state index contributed by atoms with van der Waals surface area (Å²) in [6.07, 6.45) is 3.28. The van der Waals surface area contributed by atoms with Crippen LogP contribution in [0.4, 0.5) is 5.95 Å². The van der Waals surface area contributed by atoms with E-state index in [1.165, 1.54) is 11.6 Å². The Morgan fingerprint density at radius 2 is 1.93 bits per heavy atom. The minimum absolute atomic E-state index is 0.286. The average Bonchev–Trinajstić information content (AvgIpc) is 3.05. The summed E-state index contributed by atoms with van der Waals surface area (Å²) in [7, 11) is 3.01. The normalized spacial score (nSPS) is 11.2. The van der Waals surface area contributed by atoms with Gasteiger partial charge in [-0.15, -0.1) is 6.58 Å². The molecule has 0 aliphatic rings. The van der Waals surface area contributed by atoms with E-state index in [2.05, 4.69) is 22.1 Å². The Balaban J connectivity index is 1.96. The Hall–Kier alpha value is -3.62. The van der Waals surface area contributed by atoms with E-state index in [-0.39, 0.29) is 5.65 Å². The molecule has 0 saturated heterocycles. The van der Waals surface area contributed by atoms with Crippen molar-refractivity contribution in [2.45, 2.75) is 13.5 Å². The van der Waals surface area contributed by atoms with E-state index >= 15 is 0 Å². The summed E-state index contributed by atoms with van der Waals surface area (Å²) in [6, 6.07) is 7.47. The van der Waals surface area contributed by atoms with Gasteiger partial charge in [-0.3, -0.25) is 18.5 Å². The molecule has 3 aromatic rings. The molecule has 0 saturated carbocycles. The highest BCUT2D eigenvalue weighted by Crippen LogP contribution is 2.16. The molecule has 0 fully saturated rings. The Morgan fingerprint density at radius 3 is 2.57 bits per heavy atom. The van der Waals surface area contributed by atoms with Gasteiger partial charge in [0.05, 0.1) is 12.8 Å². The molecule has 1 N–H and O–H groups in total. The molecule has 28 heavy (non-hydrogen) atoms. The third-order valence-corrected chi connectivity index (χ3v) is 4.23. The number of ether oxygens (including phenoxy) is 1. The lowest BCUT2D eigenvalue weighted by molar-refractivity contribution is 0.340. The molecule has 146 valence electrons. The monoisotopic (exact) mass is 382 g/mol.